The SMILES string of the molecule is CC(=O)O[C@@H]1[C@H](OC(C)=O)[C@H](C)O[C@H](n2c(-c3[nH]c4cc(F)ccc4c3C[C@@H]3CCCN3C(=O)[C@@H](CC(=O)OCc3ccccc3)C(C)C)c(C[C@@H]3CCCN3C(=O)[C@@H](NC(=O)OCc3ccccc3)C(C)C)c3ccc(F)cc32)[C@H]1OC(C)=O. The highest BCUT2D eigenvalue weighted by Crippen LogP contribution is 2.47. The first-order valence-corrected chi connectivity index (χ1v) is 29.2. The monoisotopic (exact) mass is 1170 g/mol. The van der Waals surface area contributed by atoms with Crippen LogP contribution in [0, 0.1) is 29.4 Å². The molecule has 0 spiro atoms. The number of amides is 3. The molecule has 4 aromatic carbocycles. The summed E-state index contributed by atoms with van der Waals surface area (Å²) in [5, 5.41) is 3.91. The number of rotatable bonds is 20. The molecule has 9 rings (SSSR count). The van der Waals surface area contributed by atoms with E-state index in [1.54, 1.807) is 28.5 Å². The molecule has 2 aromatic heterocycles. The highest BCUT2D eigenvalue weighted by molar-refractivity contribution is 5.97. The topological polar surface area (TPSA) is 214 Å². The molecule has 2 N–H and O–H groups in total. The van der Waals surface area contributed by atoms with E-state index in [9.17, 15) is 28.8 Å². The van der Waals surface area contributed by atoms with Crippen molar-refractivity contribution in [3.8, 4) is 11.4 Å². The zero-order chi connectivity index (χ0) is 60.8. The van der Waals surface area contributed by atoms with E-state index in [-0.39, 0.29) is 61.6 Å². The predicted molar refractivity (Wildman–Crippen MR) is 310 cm³/mol. The second-order valence-corrected chi connectivity index (χ2v) is 23.2. The van der Waals surface area contributed by atoms with Crippen molar-refractivity contribution in [3.63, 3.8) is 0 Å². The zero-order valence-corrected chi connectivity index (χ0v) is 49.3. The van der Waals surface area contributed by atoms with Crippen molar-refractivity contribution >= 4 is 63.6 Å². The van der Waals surface area contributed by atoms with Crippen LogP contribution in [-0.2, 0) is 83.2 Å². The van der Waals surface area contributed by atoms with Gasteiger partial charge in [-0.3, -0.25) is 28.8 Å². The van der Waals surface area contributed by atoms with Crippen molar-refractivity contribution in [3.05, 3.63) is 131 Å². The van der Waals surface area contributed by atoms with Crippen molar-refractivity contribution < 1.29 is 70.8 Å². The third-order valence-corrected chi connectivity index (χ3v) is 16.5. The fourth-order valence-electron chi connectivity index (χ4n) is 12.5. The number of nitrogens with one attached hydrogen (secondary N) is 2. The number of ether oxygens (including phenoxy) is 6. The number of esters is 4. The molecule has 6 aromatic rings. The molecule has 3 fully saturated rings. The molecule has 18 nitrogen and oxygen atoms in total. The lowest BCUT2D eigenvalue weighted by Gasteiger charge is -2.44. The molecule has 3 amide bonds. The third-order valence-electron chi connectivity index (χ3n) is 16.5. The van der Waals surface area contributed by atoms with Gasteiger partial charge in [-0.2, -0.15) is 0 Å². The Hall–Kier alpha value is -8.13. The van der Waals surface area contributed by atoms with E-state index >= 15 is 13.6 Å². The quantitative estimate of drug-likeness (QED) is 0.0538. The second kappa shape index (κ2) is 26.8. The van der Waals surface area contributed by atoms with Crippen LogP contribution in [0.25, 0.3) is 33.2 Å². The normalized spacial score (nSPS) is 21.2. The molecule has 3 aliphatic heterocycles. The molecule has 452 valence electrons. The number of fused-ring (bicyclic) bond motifs is 2. The highest BCUT2D eigenvalue weighted by atomic mass is 19.1. The molecule has 0 unspecified atom stereocenters. The predicted octanol–water partition coefficient (Wildman–Crippen LogP) is 10.2. The summed E-state index contributed by atoms with van der Waals surface area (Å²) in [4.78, 5) is 103. The fourth-order valence-corrected chi connectivity index (χ4v) is 12.5. The van der Waals surface area contributed by atoms with Gasteiger partial charge in [0.25, 0.3) is 0 Å². The smallest absolute Gasteiger partial charge is 0.408 e. The van der Waals surface area contributed by atoms with Crippen LogP contribution in [-0.4, -0.2) is 117 Å². The Morgan fingerprint density at radius 1 is 0.647 bits per heavy atom. The van der Waals surface area contributed by atoms with Gasteiger partial charge in [-0.1, -0.05) is 88.4 Å². The highest BCUT2D eigenvalue weighted by Gasteiger charge is 2.52. The number of halogens is 2. The molecule has 85 heavy (non-hydrogen) atoms. The van der Waals surface area contributed by atoms with Crippen LogP contribution in [0.15, 0.2) is 97.1 Å². The largest absolute Gasteiger partial charge is 0.461 e. The first-order chi connectivity index (χ1) is 40.7. The number of carbonyl (C=O) groups excluding carboxylic acids is 7. The molecule has 0 radical (unpaired) electrons. The van der Waals surface area contributed by atoms with Crippen LogP contribution in [0.2, 0.25) is 0 Å². The molecule has 3 saturated heterocycles. The molecule has 0 saturated carbocycles. The Morgan fingerprint density at radius 3 is 1.78 bits per heavy atom. The average molecular weight is 1170 g/mol. The lowest BCUT2D eigenvalue weighted by atomic mass is 9.90. The summed E-state index contributed by atoms with van der Waals surface area (Å²) < 4.78 is 69.5. The number of alkyl carbamates (subject to hydrolysis) is 1. The van der Waals surface area contributed by atoms with Crippen molar-refractivity contribution in [1.82, 2.24) is 24.7 Å². The number of aromatic amines is 1. The maximum absolute atomic E-state index is 16.3. The maximum atomic E-state index is 16.3. The summed E-state index contributed by atoms with van der Waals surface area (Å²) >= 11 is 0. The molecule has 0 bridgehead atoms. The van der Waals surface area contributed by atoms with Gasteiger partial charge in [0.15, 0.2) is 24.5 Å². The van der Waals surface area contributed by atoms with Gasteiger partial charge in [-0.15, -0.1) is 0 Å². The molecule has 20 heteroatoms. The standard InChI is InChI=1S/C65H75F2N5O13/c1-36(2)50(33-55(76)80-34-42-17-11-9-12-18-42)62(77)70-27-15-21-46(70)31-51-48-25-23-44(66)29-53(48)68-57(51)58-52(32-47-22-16-28-71(47)63(78)56(37(3)4)69-65(79)81-35-43-19-13-10-14-20-43)49-26-24-45(67)30-54(49)72(58)64-61(85-41(8)75)60(84-40(7)74)59(38(5)82-64)83-39(6)73/h9-14,17-20,23-26,29-30,36-38,46-47,50,56,59-61,64,68H,15-16,21-22,27-28,31-35H2,1-8H3,(H,69,79)/t38-,46-,47-,50-,56-,59+,60+,61-,64-/m0/s1. The molecule has 3 aliphatic rings. The van der Waals surface area contributed by atoms with Crippen molar-refractivity contribution in [2.24, 2.45) is 17.8 Å². The van der Waals surface area contributed by atoms with Gasteiger partial charge in [0.05, 0.1) is 35.3 Å². The van der Waals surface area contributed by atoms with Crippen LogP contribution in [0.5, 0.6) is 0 Å². The van der Waals surface area contributed by atoms with Crippen molar-refractivity contribution in [2.75, 3.05) is 13.1 Å². The number of nitrogens with zero attached hydrogens (tertiary/aromatic N) is 3. The minimum Gasteiger partial charge on any atom is -0.461 e. The van der Waals surface area contributed by atoms with Gasteiger partial charge in [0, 0.05) is 62.2 Å². The van der Waals surface area contributed by atoms with E-state index in [1.165, 1.54) is 31.2 Å². The van der Waals surface area contributed by atoms with E-state index in [0.29, 0.717) is 77.6 Å². The van der Waals surface area contributed by atoms with Gasteiger partial charge in [0.2, 0.25) is 11.8 Å². The minimum atomic E-state index is -1.56. The summed E-state index contributed by atoms with van der Waals surface area (Å²) in [7, 11) is 0. The van der Waals surface area contributed by atoms with Gasteiger partial charge in [-0.25, -0.2) is 13.6 Å². The van der Waals surface area contributed by atoms with E-state index in [2.05, 4.69) is 10.3 Å². The summed E-state index contributed by atoms with van der Waals surface area (Å²) in [6.45, 7) is 13.3. The number of hydrogen-bond acceptors (Lipinski definition) is 13. The lowest BCUT2D eigenvalue weighted by molar-refractivity contribution is -0.258. The second-order valence-electron chi connectivity index (χ2n) is 23.2. The summed E-state index contributed by atoms with van der Waals surface area (Å²) in [5.41, 5.74) is 4.15. The van der Waals surface area contributed by atoms with Crippen LogP contribution in [0.1, 0.15) is 116 Å². The summed E-state index contributed by atoms with van der Waals surface area (Å²) in [5.74, 6) is -5.96. The first kappa shape index (κ1) is 61.4. The Balaban J connectivity index is 1.18. The summed E-state index contributed by atoms with van der Waals surface area (Å²) in [6, 6.07) is 25.0. The summed E-state index contributed by atoms with van der Waals surface area (Å²) in [6.07, 6.45) is -5.14. The third kappa shape index (κ3) is 14.0. The van der Waals surface area contributed by atoms with Crippen LogP contribution < -0.4 is 5.32 Å². The lowest BCUT2D eigenvalue weighted by Crippen LogP contribution is -2.58. The number of carbonyl (C=O) groups is 7. The average Bonchev–Trinajstić information content (AvgIpc) is 1.68. The van der Waals surface area contributed by atoms with E-state index < -0.39 is 96.3 Å². The zero-order valence-electron chi connectivity index (χ0n) is 49.3. The van der Waals surface area contributed by atoms with Crippen LogP contribution in [0.3, 0.4) is 0 Å². The van der Waals surface area contributed by atoms with Gasteiger partial charge in [0.1, 0.15) is 30.9 Å². The number of benzene rings is 4. The van der Waals surface area contributed by atoms with Gasteiger partial charge >= 0.3 is 30.0 Å². The van der Waals surface area contributed by atoms with Gasteiger partial charge < -0.3 is 53.1 Å². The molecule has 5 heterocycles. The number of likely N-dealkylation sites (tertiary alicyclic amines) is 2. The Morgan fingerprint density at radius 2 is 1.19 bits per heavy atom. The Bertz CT molecular complexity index is 3420. The number of H-pyrrole nitrogens is 1. The molecular formula is C65H75F2N5O13. The number of hydrogen-bond donors (Lipinski definition) is 2. The van der Waals surface area contributed by atoms with Gasteiger partial charge in [-0.05, 0) is 116 Å². The molecule has 9 atom stereocenters. The van der Waals surface area contributed by atoms with E-state index in [0.717, 1.165) is 25.0 Å². The number of aromatic nitrogens is 2. The van der Waals surface area contributed by atoms with Crippen LogP contribution in [0.4, 0.5) is 13.6 Å². The maximum Gasteiger partial charge on any atom is 0.408 e. The fraction of sp³-hybridized carbons (Fsp3) is 0.462. The van der Waals surface area contributed by atoms with E-state index in [1.807, 2.05) is 93.3 Å². The minimum absolute atomic E-state index is 0.0127. The molecular weight excluding hydrogens is 1100 g/mol. The first-order valence-electron chi connectivity index (χ1n) is 29.2. The molecule has 0 aliphatic carbocycles. The van der Waals surface area contributed by atoms with Crippen LogP contribution >= 0.6 is 0 Å². The van der Waals surface area contributed by atoms with Crippen molar-refractivity contribution in [2.45, 2.75) is 162 Å². The Kier molecular flexibility index (Phi) is 19.4. The Labute approximate surface area is 492 Å². The van der Waals surface area contributed by atoms with E-state index in [4.69, 9.17) is 28.4 Å². The van der Waals surface area contributed by atoms with Crippen molar-refractivity contribution in [1.29, 1.82) is 0 Å².